The van der Waals surface area contributed by atoms with Crippen molar-refractivity contribution in [2.24, 2.45) is 0 Å². The van der Waals surface area contributed by atoms with E-state index in [0.29, 0.717) is 11.4 Å². The summed E-state index contributed by atoms with van der Waals surface area (Å²) >= 11 is 5.54. The van der Waals surface area contributed by atoms with Crippen molar-refractivity contribution in [3.63, 3.8) is 0 Å². The van der Waals surface area contributed by atoms with Crippen molar-refractivity contribution >= 4 is 61.0 Å². The van der Waals surface area contributed by atoms with Gasteiger partial charge in [0.1, 0.15) is 5.69 Å². The molecule has 1 aromatic carbocycles. The molecule has 0 aliphatic carbocycles. The number of nitrogens with one attached hydrogen (secondary N) is 2. The van der Waals surface area contributed by atoms with Gasteiger partial charge in [0, 0.05) is 16.1 Å². The Balaban J connectivity index is 2.02. The Morgan fingerprint density at radius 2 is 2.20 bits per heavy atom. The molecule has 20 heavy (non-hydrogen) atoms. The second-order valence-electron chi connectivity index (χ2n) is 4.04. The van der Waals surface area contributed by atoms with Crippen LogP contribution in [-0.2, 0) is 0 Å². The summed E-state index contributed by atoms with van der Waals surface area (Å²) in [4.78, 5) is 16.5. The van der Waals surface area contributed by atoms with Gasteiger partial charge in [0.05, 0.1) is 21.0 Å². The third kappa shape index (κ3) is 2.42. The zero-order valence-corrected chi connectivity index (χ0v) is 13.8. The molecule has 0 fully saturated rings. The van der Waals surface area contributed by atoms with Gasteiger partial charge < -0.3 is 5.32 Å². The lowest BCUT2D eigenvalue weighted by Crippen LogP contribution is -2.14. The minimum absolute atomic E-state index is 0.235. The molecule has 3 aromatic rings. The first-order valence-electron chi connectivity index (χ1n) is 5.70. The van der Waals surface area contributed by atoms with Crippen molar-refractivity contribution in [2.45, 2.75) is 0 Å². The highest BCUT2D eigenvalue weighted by Crippen LogP contribution is 2.28. The van der Waals surface area contributed by atoms with Gasteiger partial charge in [-0.25, -0.2) is 0 Å². The third-order valence-corrected chi connectivity index (χ3v) is 4.29. The summed E-state index contributed by atoms with van der Waals surface area (Å²) in [6, 6.07) is 7.51. The molecule has 0 radical (unpaired) electrons. The van der Waals surface area contributed by atoms with Crippen LogP contribution in [0.2, 0.25) is 0 Å². The average molecular weight is 443 g/mol. The molecule has 0 bridgehead atoms. The van der Waals surface area contributed by atoms with Gasteiger partial charge in [-0.05, 0) is 40.8 Å². The highest BCUT2D eigenvalue weighted by molar-refractivity contribution is 14.1. The predicted molar refractivity (Wildman–Crippen MR) is 88.7 cm³/mol. The predicted octanol–water partition coefficient (Wildman–Crippen LogP) is 3.58. The van der Waals surface area contributed by atoms with E-state index in [1.54, 1.807) is 12.4 Å². The Kier molecular flexibility index (Phi) is 3.70. The number of carbonyl (C=O) groups excluding carboxylic acids is 1. The molecule has 0 saturated heterocycles. The van der Waals surface area contributed by atoms with Crippen molar-refractivity contribution in [3.8, 4) is 0 Å². The largest absolute Gasteiger partial charge is 0.319 e. The molecule has 3 rings (SSSR count). The van der Waals surface area contributed by atoms with Crippen LogP contribution in [0.3, 0.4) is 0 Å². The van der Waals surface area contributed by atoms with Gasteiger partial charge in [0.2, 0.25) is 0 Å². The molecular weight excluding hydrogens is 435 g/mol. The SMILES string of the molecule is O=C(Nc1ccc(Br)c2cccnc12)c1[nH]ncc1I. The molecule has 0 unspecified atom stereocenters. The monoisotopic (exact) mass is 442 g/mol. The number of pyridine rings is 1. The van der Waals surface area contributed by atoms with E-state index in [9.17, 15) is 4.79 Å². The lowest BCUT2D eigenvalue weighted by atomic mass is 10.2. The molecule has 5 nitrogen and oxygen atoms in total. The van der Waals surface area contributed by atoms with E-state index >= 15 is 0 Å². The van der Waals surface area contributed by atoms with Crippen LogP contribution in [0.5, 0.6) is 0 Å². The number of rotatable bonds is 2. The number of carbonyl (C=O) groups is 1. The molecule has 1 amide bonds. The van der Waals surface area contributed by atoms with E-state index in [4.69, 9.17) is 0 Å². The minimum Gasteiger partial charge on any atom is -0.319 e. The standard InChI is InChI=1S/C13H8BrIN4O/c14-8-3-4-10(11-7(8)2-1-5-16-11)18-13(20)12-9(15)6-17-19-12/h1-6H,(H,17,19)(H,18,20). The van der Waals surface area contributed by atoms with Crippen LogP contribution in [0, 0.1) is 3.57 Å². The van der Waals surface area contributed by atoms with E-state index in [2.05, 4.69) is 59.0 Å². The maximum absolute atomic E-state index is 12.2. The van der Waals surface area contributed by atoms with Crippen molar-refractivity contribution in [1.82, 2.24) is 15.2 Å². The van der Waals surface area contributed by atoms with E-state index in [-0.39, 0.29) is 5.91 Å². The van der Waals surface area contributed by atoms with E-state index in [1.165, 1.54) is 0 Å². The second-order valence-corrected chi connectivity index (χ2v) is 6.06. The van der Waals surface area contributed by atoms with Crippen LogP contribution >= 0.6 is 38.5 Å². The maximum atomic E-state index is 12.2. The van der Waals surface area contributed by atoms with Crippen LogP contribution < -0.4 is 5.32 Å². The molecule has 0 spiro atoms. The van der Waals surface area contributed by atoms with Crippen molar-refractivity contribution in [1.29, 1.82) is 0 Å². The molecule has 0 saturated carbocycles. The summed E-state index contributed by atoms with van der Waals surface area (Å²) in [5.41, 5.74) is 1.85. The summed E-state index contributed by atoms with van der Waals surface area (Å²) in [6.45, 7) is 0. The summed E-state index contributed by atoms with van der Waals surface area (Å²) in [5.74, 6) is -0.235. The fraction of sp³-hybridized carbons (Fsp3) is 0. The van der Waals surface area contributed by atoms with Crippen LogP contribution in [0.4, 0.5) is 5.69 Å². The number of nitrogens with zero attached hydrogens (tertiary/aromatic N) is 2. The van der Waals surface area contributed by atoms with Crippen LogP contribution in [-0.4, -0.2) is 21.1 Å². The van der Waals surface area contributed by atoms with Crippen LogP contribution in [0.15, 0.2) is 41.1 Å². The number of H-pyrrole nitrogens is 1. The van der Waals surface area contributed by atoms with Crippen molar-refractivity contribution in [3.05, 3.63) is 50.4 Å². The molecule has 0 aliphatic rings. The zero-order valence-electron chi connectivity index (χ0n) is 10.0. The molecule has 2 N–H and O–H groups in total. The van der Waals surface area contributed by atoms with Gasteiger partial charge in [-0.1, -0.05) is 22.0 Å². The fourth-order valence-electron chi connectivity index (χ4n) is 1.85. The Labute approximate surface area is 136 Å². The normalized spacial score (nSPS) is 10.7. The topological polar surface area (TPSA) is 70.7 Å². The van der Waals surface area contributed by atoms with Crippen LogP contribution in [0.1, 0.15) is 10.5 Å². The summed E-state index contributed by atoms with van der Waals surface area (Å²) in [7, 11) is 0. The number of hydrogen-bond acceptors (Lipinski definition) is 3. The molecule has 0 atom stereocenters. The van der Waals surface area contributed by atoms with E-state index < -0.39 is 0 Å². The number of anilines is 1. The van der Waals surface area contributed by atoms with Crippen LogP contribution in [0.25, 0.3) is 10.9 Å². The molecular formula is C13H8BrIN4O. The van der Waals surface area contributed by atoms with Gasteiger partial charge in [-0.15, -0.1) is 0 Å². The van der Waals surface area contributed by atoms with Crippen molar-refractivity contribution < 1.29 is 4.79 Å². The Hall–Kier alpha value is -1.48. The number of benzene rings is 1. The molecule has 7 heteroatoms. The van der Waals surface area contributed by atoms with E-state index in [1.807, 2.05) is 24.3 Å². The fourth-order valence-corrected chi connectivity index (χ4v) is 2.81. The molecule has 0 aliphatic heterocycles. The minimum atomic E-state index is -0.235. The van der Waals surface area contributed by atoms with Gasteiger partial charge in [0.15, 0.2) is 0 Å². The van der Waals surface area contributed by atoms with Gasteiger partial charge >= 0.3 is 0 Å². The Bertz CT molecular complexity index is 802. The Morgan fingerprint density at radius 3 is 2.95 bits per heavy atom. The zero-order chi connectivity index (χ0) is 14.1. The van der Waals surface area contributed by atoms with Gasteiger partial charge in [-0.3, -0.25) is 14.9 Å². The maximum Gasteiger partial charge on any atom is 0.274 e. The second kappa shape index (κ2) is 5.49. The first-order valence-corrected chi connectivity index (χ1v) is 7.57. The first kappa shape index (κ1) is 13.5. The molecule has 100 valence electrons. The summed E-state index contributed by atoms with van der Waals surface area (Å²) in [6.07, 6.45) is 3.30. The summed E-state index contributed by atoms with van der Waals surface area (Å²) in [5, 5.41) is 10.3. The van der Waals surface area contributed by atoms with E-state index in [0.717, 1.165) is 18.9 Å². The smallest absolute Gasteiger partial charge is 0.274 e. The van der Waals surface area contributed by atoms with Gasteiger partial charge in [-0.2, -0.15) is 5.10 Å². The highest BCUT2D eigenvalue weighted by Gasteiger charge is 2.14. The number of halogens is 2. The number of fused-ring (bicyclic) bond motifs is 1. The number of amides is 1. The summed E-state index contributed by atoms with van der Waals surface area (Å²) < 4.78 is 1.71. The third-order valence-electron chi connectivity index (χ3n) is 2.78. The highest BCUT2D eigenvalue weighted by atomic mass is 127. The Morgan fingerprint density at radius 1 is 1.35 bits per heavy atom. The molecule has 2 heterocycles. The lowest BCUT2D eigenvalue weighted by molar-refractivity contribution is 0.102. The number of hydrogen-bond donors (Lipinski definition) is 2. The lowest BCUT2D eigenvalue weighted by Gasteiger charge is -2.08. The number of aromatic amines is 1. The number of aromatic nitrogens is 3. The first-order chi connectivity index (χ1) is 9.66. The quantitative estimate of drug-likeness (QED) is 0.596. The van der Waals surface area contributed by atoms with Crippen molar-refractivity contribution in [2.75, 3.05) is 5.32 Å². The van der Waals surface area contributed by atoms with Gasteiger partial charge in [0.25, 0.3) is 5.91 Å². The molecule has 2 aromatic heterocycles. The average Bonchev–Trinajstić information content (AvgIpc) is 2.88.